The number of hydrogen-bond donors (Lipinski definition) is 3. The minimum Gasteiger partial charge on any atom is -0.480 e. The van der Waals surface area contributed by atoms with E-state index < -0.39 is 12.0 Å². The summed E-state index contributed by atoms with van der Waals surface area (Å²) in [6.07, 6.45) is 3.23. The van der Waals surface area contributed by atoms with Crippen LogP contribution in [0.2, 0.25) is 0 Å². The van der Waals surface area contributed by atoms with E-state index in [2.05, 4.69) is 15.6 Å². The molecule has 6 nitrogen and oxygen atoms in total. The van der Waals surface area contributed by atoms with Crippen LogP contribution in [0.5, 0.6) is 0 Å². The third kappa shape index (κ3) is 4.61. The molecule has 15 heavy (non-hydrogen) atoms. The number of carbonyl (C=O) groups is 2. The predicted molar refractivity (Wildman–Crippen MR) is 52.1 cm³/mol. The molecule has 0 aromatic carbocycles. The smallest absolute Gasteiger partial charge is 0.323 e. The molecule has 0 atom stereocenters. The zero-order chi connectivity index (χ0) is 11.1. The van der Waals surface area contributed by atoms with Crippen LogP contribution in [0, 0.1) is 0 Å². The molecule has 1 rings (SSSR count). The first-order chi connectivity index (χ1) is 7.18. The normalized spacial score (nSPS) is 9.33. The lowest BCUT2D eigenvalue weighted by atomic mass is 10.3. The van der Waals surface area contributed by atoms with Crippen LogP contribution in [0.1, 0.15) is 5.56 Å². The molecule has 3 N–H and O–H groups in total. The fourth-order valence-corrected chi connectivity index (χ4v) is 0.901. The van der Waals surface area contributed by atoms with Gasteiger partial charge in [-0.25, -0.2) is 4.79 Å². The van der Waals surface area contributed by atoms with Crippen LogP contribution in [0.3, 0.4) is 0 Å². The van der Waals surface area contributed by atoms with E-state index in [1.54, 1.807) is 24.5 Å². The summed E-state index contributed by atoms with van der Waals surface area (Å²) in [5, 5.41) is 13.0. The fourth-order valence-electron chi connectivity index (χ4n) is 0.901. The van der Waals surface area contributed by atoms with Crippen molar-refractivity contribution in [2.75, 3.05) is 6.54 Å². The number of carboxylic acids is 1. The van der Waals surface area contributed by atoms with Crippen LogP contribution in [0.25, 0.3) is 0 Å². The summed E-state index contributed by atoms with van der Waals surface area (Å²) in [5.74, 6) is -1.07. The van der Waals surface area contributed by atoms with Gasteiger partial charge in [-0.3, -0.25) is 9.78 Å². The van der Waals surface area contributed by atoms with Gasteiger partial charge in [0.25, 0.3) is 0 Å². The number of amides is 2. The first kappa shape index (κ1) is 11.0. The SMILES string of the molecule is O=C(O)CNC(=O)NCc1ccncc1. The van der Waals surface area contributed by atoms with Crippen molar-refractivity contribution < 1.29 is 14.7 Å². The second-order valence-corrected chi connectivity index (χ2v) is 2.79. The maximum absolute atomic E-state index is 11.0. The highest BCUT2D eigenvalue weighted by atomic mass is 16.4. The molecule has 2 amide bonds. The van der Waals surface area contributed by atoms with E-state index in [0.29, 0.717) is 6.54 Å². The molecule has 0 spiro atoms. The van der Waals surface area contributed by atoms with Crippen LogP contribution in [0.15, 0.2) is 24.5 Å². The fraction of sp³-hybridized carbons (Fsp3) is 0.222. The molecule has 0 radical (unpaired) electrons. The Morgan fingerprint density at radius 3 is 2.53 bits per heavy atom. The molecule has 6 heteroatoms. The maximum Gasteiger partial charge on any atom is 0.323 e. The molecule has 1 aromatic rings. The van der Waals surface area contributed by atoms with Crippen LogP contribution in [-0.2, 0) is 11.3 Å². The van der Waals surface area contributed by atoms with E-state index in [0.717, 1.165) is 5.56 Å². The molecule has 0 aliphatic heterocycles. The van der Waals surface area contributed by atoms with Gasteiger partial charge in [0.2, 0.25) is 0 Å². The molecule has 0 aliphatic carbocycles. The average molecular weight is 209 g/mol. The second-order valence-electron chi connectivity index (χ2n) is 2.79. The van der Waals surface area contributed by atoms with E-state index >= 15 is 0 Å². The van der Waals surface area contributed by atoms with E-state index in [1.807, 2.05) is 0 Å². The molecular weight excluding hydrogens is 198 g/mol. The topological polar surface area (TPSA) is 91.3 Å². The Balaban J connectivity index is 2.26. The highest BCUT2D eigenvalue weighted by Gasteiger charge is 2.02. The quantitative estimate of drug-likeness (QED) is 0.649. The summed E-state index contributed by atoms with van der Waals surface area (Å²) >= 11 is 0. The van der Waals surface area contributed by atoms with E-state index in [4.69, 9.17) is 5.11 Å². The molecule has 0 unspecified atom stereocenters. The standard InChI is InChI=1S/C9H11N3O3/c13-8(14)6-12-9(15)11-5-7-1-3-10-4-2-7/h1-4H,5-6H2,(H,13,14)(H2,11,12,15). The summed E-state index contributed by atoms with van der Waals surface area (Å²) < 4.78 is 0. The van der Waals surface area contributed by atoms with Crippen molar-refractivity contribution in [3.8, 4) is 0 Å². The zero-order valence-corrected chi connectivity index (χ0v) is 7.93. The van der Waals surface area contributed by atoms with Crippen LogP contribution in [0.4, 0.5) is 4.79 Å². The van der Waals surface area contributed by atoms with Gasteiger partial charge in [-0.2, -0.15) is 0 Å². The number of nitrogens with one attached hydrogen (secondary N) is 2. The number of carboxylic acid groups (broad SMARTS) is 1. The second kappa shape index (κ2) is 5.58. The van der Waals surface area contributed by atoms with E-state index in [9.17, 15) is 9.59 Å². The summed E-state index contributed by atoms with van der Waals surface area (Å²) in [5.41, 5.74) is 0.899. The summed E-state index contributed by atoms with van der Waals surface area (Å²) in [7, 11) is 0. The van der Waals surface area contributed by atoms with Gasteiger partial charge >= 0.3 is 12.0 Å². The summed E-state index contributed by atoms with van der Waals surface area (Å²) in [6.45, 7) is -0.0455. The van der Waals surface area contributed by atoms with Gasteiger partial charge in [0.15, 0.2) is 0 Å². The number of pyridine rings is 1. The molecule has 1 heterocycles. The van der Waals surface area contributed by atoms with E-state index in [1.165, 1.54) is 0 Å². The average Bonchev–Trinajstić information content (AvgIpc) is 2.25. The van der Waals surface area contributed by atoms with Crippen molar-refractivity contribution >= 4 is 12.0 Å². The van der Waals surface area contributed by atoms with Crippen LogP contribution < -0.4 is 10.6 Å². The molecule has 0 aliphatic rings. The Hall–Kier alpha value is -2.11. The maximum atomic E-state index is 11.0. The summed E-state index contributed by atoms with van der Waals surface area (Å²) in [6, 6.07) is 3.02. The molecule has 0 saturated carbocycles. The highest BCUT2D eigenvalue weighted by molar-refractivity contribution is 5.79. The molecule has 0 saturated heterocycles. The first-order valence-corrected chi connectivity index (χ1v) is 4.31. The van der Waals surface area contributed by atoms with Gasteiger partial charge in [0.1, 0.15) is 6.54 Å². The Labute approximate surface area is 86.3 Å². The first-order valence-electron chi connectivity index (χ1n) is 4.31. The zero-order valence-electron chi connectivity index (χ0n) is 7.93. The van der Waals surface area contributed by atoms with E-state index in [-0.39, 0.29) is 6.54 Å². The number of hydrogen-bond acceptors (Lipinski definition) is 3. The Morgan fingerprint density at radius 2 is 1.93 bits per heavy atom. The minimum absolute atomic E-state index is 0.341. The minimum atomic E-state index is -1.07. The number of nitrogens with zero attached hydrogens (tertiary/aromatic N) is 1. The molecule has 0 bridgehead atoms. The number of aliphatic carboxylic acids is 1. The van der Waals surface area contributed by atoms with Crippen molar-refractivity contribution in [3.63, 3.8) is 0 Å². The summed E-state index contributed by atoms with van der Waals surface area (Å²) in [4.78, 5) is 25.0. The lowest BCUT2D eigenvalue weighted by molar-refractivity contribution is -0.135. The van der Waals surface area contributed by atoms with Gasteiger partial charge in [0.05, 0.1) is 0 Å². The Bertz CT molecular complexity index is 340. The van der Waals surface area contributed by atoms with Crippen molar-refractivity contribution in [1.29, 1.82) is 0 Å². The van der Waals surface area contributed by atoms with Gasteiger partial charge in [-0.15, -0.1) is 0 Å². The molecular formula is C9H11N3O3. The third-order valence-electron chi connectivity index (χ3n) is 1.60. The monoisotopic (exact) mass is 209 g/mol. The molecule has 1 aromatic heterocycles. The molecule has 0 fully saturated rings. The number of aromatic nitrogens is 1. The van der Waals surface area contributed by atoms with Crippen molar-refractivity contribution in [1.82, 2.24) is 15.6 Å². The van der Waals surface area contributed by atoms with Gasteiger partial charge in [0, 0.05) is 18.9 Å². The van der Waals surface area contributed by atoms with Crippen LogP contribution >= 0.6 is 0 Å². The van der Waals surface area contributed by atoms with Crippen molar-refractivity contribution in [3.05, 3.63) is 30.1 Å². The largest absolute Gasteiger partial charge is 0.480 e. The van der Waals surface area contributed by atoms with Gasteiger partial charge < -0.3 is 15.7 Å². The lowest BCUT2D eigenvalue weighted by Crippen LogP contribution is -2.37. The highest BCUT2D eigenvalue weighted by Crippen LogP contribution is 1.94. The predicted octanol–water partition coefficient (Wildman–Crippen LogP) is -0.0346. The third-order valence-corrected chi connectivity index (χ3v) is 1.60. The number of rotatable bonds is 4. The Morgan fingerprint density at radius 1 is 1.27 bits per heavy atom. The van der Waals surface area contributed by atoms with Crippen molar-refractivity contribution in [2.45, 2.75) is 6.54 Å². The number of urea groups is 1. The van der Waals surface area contributed by atoms with Gasteiger partial charge in [-0.1, -0.05) is 0 Å². The van der Waals surface area contributed by atoms with Crippen molar-refractivity contribution in [2.24, 2.45) is 0 Å². The molecule has 80 valence electrons. The van der Waals surface area contributed by atoms with Gasteiger partial charge in [-0.05, 0) is 17.7 Å². The number of carbonyl (C=O) groups excluding carboxylic acids is 1. The Kier molecular flexibility index (Phi) is 4.08. The lowest BCUT2D eigenvalue weighted by Gasteiger charge is -2.05. The van der Waals surface area contributed by atoms with Crippen LogP contribution in [-0.4, -0.2) is 28.6 Å².